The van der Waals surface area contributed by atoms with Crippen molar-refractivity contribution < 1.29 is 0 Å². The number of thiazole rings is 1. The van der Waals surface area contributed by atoms with Crippen molar-refractivity contribution >= 4 is 22.3 Å². The molecule has 1 aliphatic heterocycles. The number of nitrogens with one attached hydrogen (secondary N) is 1. The molecule has 2 rings (SSSR count). The largest absolute Gasteiger partial charge is 0.387 e. The normalized spacial score (nSPS) is 20.2. The average molecular weight is 224 g/mol. The van der Waals surface area contributed by atoms with Gasteiger partial charge < -0.3 is 10.6 Å². The number of rotatable bonds is 2. The Bertz CT molecular complexity index is 338. The van der Waals surface area contributed by atoms with E-state index < -0.39 is 0 Å². The molecular weight excluding hydrogens is 208 g/mol. The van der Waals surface area contributed by atoms with Gasteiger partial charge in [0.05, 0.1) is 5.84 Å². The molecule has 1 aromatic heterocycles. The minimum Gasteiger partial charge on any atom is -0.387 e. The van der Waals surface area contributed by atoms with Crippen LogP contribution in [0, 0.1) is 10.8 Å². The van der Waals surface area contributed by atoms with E-state index in [0.717, 1.165) is 31.1 Å². The Labute approximate surface area is 93.6 Å². The molecule has 0 atom stereocenters. The molecule has 15 heavy (non-hydrogen) atoms. The van der Waals surface area contributed by atoms with Gasteiger partial charge in [-0.3, -0.25) is 5.41 Å². The van der Waals surface area contributed by atoms with Gasteiger partial charge in [-0.25, -0.2) is 4.98 Å². The summed E-state index contributed by atoms with van der Waals surface area (Å²) in [6, 6.07) is 0. The smallest absolute Gasteiger partial charge is 0.185 e. The number of hydrogen-bond acceptors (Lipinski definition) is 4. The van der Waals surface area contributed by atoms with Gasteiger partial charge in [0.2, 0.25) is 0 Å². The van der Waals surface area contributed by atoms with Gasteiger partial charge in [-0.1, -0.05) is 6.92 Å². The van der Waals surface area contributed by atoms with Crippen LogP contribution in [0.15, 0.2) is 11.6 Å². The lowest BCUT2D eigenvalue weighted by Crippen LogP contribution is -2.45. The second-order valence-electron chi connectivity index (χ2n) is 4.28. The summed E-state index contributed by atoms with van der Waals surface area (Å²) in [5.74, 6) is 0.321. The lowest BCUT2D eigenvalue weighted by atomic mass is 9.79. The minimum atomic E-state index is -0.103. The van der Waals surface area contributed by atoms with Gasteiger partial charge in [-0.2, -0.15) is 0 Å². The first-order valence-corrected chi connectivity index (χ1v) is 5.99. The van der Waals surface area contributed by atoms with Gasteiger partial charge in [-0.15, -0.1) is 11.3 Å². The van der Waals surface area contributed by atoms with Crippen molar-refractivity contribution in [1.29, 1.82) is 5.41 Å². The molecule has 0 amide bonds. The topological polar surface area (TPSA) is 66.0 Å². The van der Waals surface area contributed by atoms with E-state index >= 15 is 0 Å². The average Bonchev–Trinajstić information content (AvgIpc) is 2.72. The Morgan fingerprint density at radius 2 is 2.27 bits per heavy atom. The summed E-state index contributed by atoms with van der Waals surface area (Å²) in [5, 5.41) is 10.7. The van der Waals surface area contributed by atoms with Crippen molar-refractivity contribution in [2.75, 3.05) is 18.0 Å². The molecule has 1 saturated heterocycles. The van der Waals surface area contributed by atoms with Gasteiger partial charge in [0.25, 0.3) is 0 Å². The molecule has 5 heteroatoms. The van der Waals surface area contributed by atoms with E-state index in [1.54, 1.807) is 11.3 Å². The first-order valence-electron chi connectivity index (χ1n) is 5.11. The van der Waals surface area contributed by atoms with Gasteiger partial charge in [-0.05, 0) is 12.8 Å². The number of nitrogens with two attached hydrogens (primary N) is 1. The molecule has 1 aromatic rings. The summed E-state index contributed by atoms with van der Waals surface area (Å²) in [5.41, 5.74) is 5.51. The highest BCUT2D eigenvalue weighted by molar-refractivity contribution is 7.13. The summed E-state index contributed by atoms with van der Waals surface area (Å²) in [6.45, 7) is 3.97. The zero-order valence-corrected chi connectivity index (χ0v) is 9.68. The molecule has 82 valence electrons. The summed E-state index contributed by atoms with van der Waals surface area (Å²) in [4.78, 5) is 6.57. The summed E-state index contributed by atoms with van der Waals surface area (Å²) in [7, 11) is 0. The van der Waals surface area contributed by atoms with Gasteiger partial charge in [0.1, 0.15) is 0 Å². The summed E-state index contributed by atoms with van der Waals surface area (Å²) >= 11 is 1.67. The van der Waals surface area contributed by atoms with Crippen molar-refractivity contribution in [3.63, 3.8) is 0 Å². The van der Waals surface area contributed by atoms with Crippen molar-refractivity contribution in [2.24, 2.45) is 11.1 Å². The van der Waals surface area contributed by atoms with Crippen molar-refractivity contribution in [3.05, 3.63) is 11.6 Å². The molecule has 0 spiro atoms. The van der Waals surface area contributed by atoms with Crippen LogP contribution in [0.3, 0.4) is 0 Å². The predicted molar refractivity (Wildman–Crippen MR) is 63.6 cm³/mol. The second-order valence-corrected chi connectivity index (χ2v) is 5.15. The Hall–Kier alpha value is -1.10. The van der Waals surface area contributed by atoms with E-state index in [-0.39, 0.29) is 5.41 Å². The number of anilines is 1. The van der Waals surface area contributed by atoms with E-state index in [4.69, 9.17) is 11.1 Å². The van der Waals surface area contributed by atoms with E-state index in [2.05, 4.69) is 16.8 Å². The fourth-order valence-electron chi connectivity index (χ4n) is 1.83. The zero-order valence-electron chi connectivity index (χ0n) is 8.86. The highest BCUT2D eigenvalue weighted by Crippen LogP contribution is 2.33. The number of piperidine rings is 1. The van der Waals surface area contributed by atoms with Crippen LogP contribution < -0.4 is 10.6 Å². The third-order valence-electron chi connectivity index (χ3n) is 3.21. The van der Waals surface area contributed by atoms with Crippen LogP contribution in [0.5, 0.6) is 0 Å². The van der Waals surface area contributed by atoms with Crippen LogP contribution in [0.25, 0.3) is 0 Å². The third-order valence-corrected chi connectivity index (χ3v) is 4.04. The molecule has 2 heterocycles. The zero-order chi connectivity index (χ0) is 10.9. The summed E-state index contributed by atoms with van der Waals surface area (Å²) < 4.78 is 0. The van der Waals surface area contributed by atoms with Gasteiger partial charge in [0.15, 0.2) is 5.13 Å². The van der Waals surface area contributed by atoms with Crippen LogP contribution in [-0.2, 0) is 0 Å². The maximum absolute atomic E-state index is 7.57. The quantitative estimate of drug-likeness (QED) is 0.593. The molecule has 0 aliphatic carbocycles. The van der Waals surface area contributed by atoms with Crippen LogP contribution in [-0.4, -0.2) is 23.9 Å². The Morgan fingerprint density at radius 1 is 1.60 bits per heavy atom. The third kappa shape index (κ3) is 1.97. The molecule has 4 nitrogen and oxygen atoms in total. The van der Waals surface area contributed by atoms with E-state index in [1.165, 1.54) is 0 Å². The second kappa shape index (κ2) is 3.81. The molecule has 0 unspecified atom stereocenters. The van der Waals surface area contributed by atoms with Crippen molar-refractivity contribution in [2.45, 2.75) is 19.8 Å². The highest BCUT2D eigenvalue weighted by atomic mass is 32.1. The maximum Gasteiger partial charge on any atom is 0.185 e. The molecule has 1 fully saturated rings. The van der Waals surface area contributed by atoms with E-state index in [1.807, 2.05) is 11.6 Å². The highest BCUT2D eigenvalue weighted by Gasteiger charge is 2.33. The lowest BCUT2D eigenvalue weighted by molar-refractivity contribution is 0.351. The molecular formula is C10H16N4S. The number of nitrogens with zero attached hydrogens (tertiary/aromatic N) is 2. The standard InChI is InChI=1S/C10H16N4S/c1-10(8(11)12)2-5-14(6-3-10)9-13-4-7-15-9/h4,7H,2-3,5-6H2,1H3,(H3,11,12). The Balaban J connectivity index is 2.01. The fourth-order valence-corrected chi connectivity index (χ4v) is 2.53. The first kappa shape index (κ1) is 10.4. The van der Waals surface area contributed by atoms with E-state index in [0.29, 0.717) is 5.84 Å². The number of aromatic nitrogens is 1. The number of amidine groups is 1. The minimum absolute atomic E-state index is 0.103. The molecule has 0 radical (unpaired) electrons. The molecule has 0 saturated carbocycles. The predicted octanol–water partition coefficient (Wildman–Crippen LogP) is 1.69. The Kier molecular flexibility index (Phi) is 2.65. The first-order chi connectivity index (χ1) is 7.12. The molecule has 0 aromatic carbocycles. The molecule has 3 N–H and O–H groups in total. The summed E-state index contributed by atoms with van der Waals surface area (Å²) in [6.07, 6.45) is 3.72. The lowest BCUT2D eigenvalue weighted by Gasteiger charge is -2.38. The van der Waals surface area contributed by atoms with E-state index in [9.17, 15) is 0 Å². The van der Waals surface area contributed by atoms with Crippen LogP contribution >= 0.6 is 11.3 Å². The van der Waals surface area contributed by atoms with Crippen LogP contribution in [0.2, 0.25) is 0 Å². The molecule has 0 bridgehead atoms. The monoisotopic (exact) mass is 224 g/mol. The van der Waals surface area contributed by atoms with Crippen molar-refractivity contribution in [1.82, 2.24) is 4.98 Å². The number of hydrogen-bond donors (Lipinski definition) is 2. The van der Waals surface area contributed by atoms with Crippen LogP contribution in [0.4, 0.5) is 5.13 Å². The molecule has 1 aliphatic rings. The SMILES string of the molecule is CC1(C(=N)N)CCN(c2nccs2)CC1. The van der Waals surface area contributed by atoms with Gasteiger partial charge in [0, 0.05) is 30.1 Å². The maximum atomic E-state index is 7.57. The fraction of sp³-hybridized carbons (Fsp3) is 0.600. The van der Waals surface area contributed by atoms with Gasteiger partial charge >= 0.3 is 0 Å². The Morgan fingerprint density at radius 3 is 2.73 bits per heavy atom. The van der Waals surface area contributed by atoms with Crippen LogP contribution in [0.1, 0.15) is 19.8 Å². The van der Waals surface area contributed by atoms with Crippen molar-refractivity contribution in [3.8, 4) is 0 Å².